The number of benzene rings is 2. The Labute approximate surface area is 138 Å². The molecule has 5 heteroatoms. The summed E-state index contributed by atoms with van der Waals surface area (Å²) < 4.78 is 0. The topological polar surface area (TPSA) is 20.3 Å². The molecule has 21 heavy (non-hydrogen) atoms. The highest BCUT2D eigenvalue weighted by atomic mass is 35.5. The van der Waals surface area contributed by atoms with Crippen molar-refractivity contribution in [1.82, 2.24) is 0 Å². The summed E-state index contributed by atoms with van der Waals surface area (Å²) in [6.45, 7) is 0. The van der Waals surface area contributed by atoms with E-state index in [0.717, 1.165) is 22.4 Å². The summed E-state index contributed by atoms with van der Waals surface area (Å²) in [6.07, 6.45) is 0.421. The molecule has 2 aromatic rings. The molecule has 1 atom stereocenters. The van der Waals surface area contributed by atoms with Gasteiger partial charge in [-0.25, -0.2) is 0 Å². The number of nitrogens with zero attached hydrogens (tertiary/aromatic N) is 1. The molecule has 0 spiro atoms. The number of amides is 1. The number of alkyl halides is 1. The molecule has 3 rings (SSSR count). The Morgan fingerprint density at radius 3 is 2.43 bits per heavy atom. The fraction of sp³-hybridized carbons (Fsp3) is 0.188. The quantitative estimate of drug-likeness (QED) is 0.716. The van der Waals surface area contributed by atoms with Crippen molar-refractivity contribution < 1.29 is 4.79 Å². The van der Waals surface area contributed by atoms with Crippen LogP contribution in [-0.4, -0.2) is 13.0 Å². The molecule has 108 valence electrons. The van der Waals surface area contributed by atoms with E-state index in [0.29, 0.717) is 16.5 Å². The van der Waals surface area contributed by atoms with Crippen molar-refractivity contribution in [2.24, 2.45) is 0 Å². The first-order valence-electron chi connectivity index (χ1n) is 6.46. The van der Waals surface area contributed by atoms with Crippen LogP contribution >= 0.6 is 34.8 Å². The maximum Gasteiger partial charge on any atom is 0.231 e. The fourth-order valence-electron chi connectivity index (χ4n) is 2.51. The number of halogens is 3. The summed E-state index contributed by atoms with van der Waals surface area (Å²) >= 11 is 18.5. The Morgan fingerprint density at radius 2 is 1.71 bits per heavy atom. The lowest BCUT2D eigenvalue weighted by Crippen LogP contribution is -2.20. The Balaban J connectivity index is 1.96. The van der Waals surface area contributed by atoms with Gasteiger partial charge in [0, 0.05) is 12.7 Å². The van der Waals surface area contributed by atoms with Crippen LogP contribution in [0.25, 0.3) is 0 Å². The molecule has 1 amide bonds. The first-order chi connectivity index (χ1) is 9.97. The second kappa shape index (κ2) is 5.53. The molecule has 0 aliphatic carbocycles. The zero-order valence-corrected chi connectivity index (χ0v) is 13.5. The first-order valence-corrected chi connectivity index (χ1v) is 7.65. The third-order valence-corrected chi connectivity index (χ3v) is 4.95. The van der Waals surface area contributed by atoms with Crippen molar-refractivity contribution >= 4 is 46.4 Å². The number of hydrogen-bond acceptors (Lipinski definition) is 1. The molecule has 0 fully saturated rings. The number of carbonyl (C=O) groups is 1. The third-order valence-electron chi connectivity index (χ3n) is 3.71. The van der Waals surface area contributed by atoms with Gasteiger partial charge < -0.3 is 4.90 Å². The largest absolute Gasteiger partial charge is 0.315 e. The van der Waals surface area contributed by atoms with E-state index in [1.807, 2.05) is 24.3 Å². The lowest BCUT2D eigenvalue weighted by atomic mass is 10.0. The molecule has 2 nitrogen and oxygen atoms in total. The Kier molecular flexibility index (Phi) is 3.87. The van der Waals surface area contributed by atoms with Gasteiger partial charge >= 0.3 is 0 Å². The highest BCUT2D eigenvalue weighted by Crippen LogP contribution is 2.36. The van der Waals surface area contributed by atoms with Crippen molar-refractivity contribution in [3.8, 4) is 0 Å². The molecular formula is C16H12Cl3NO. The SMILES string of the molecule is CN1C(=O)Cc2cc(C(Cl)c3ccc(Cl)c(Cl)c3)ccc21. The number of fused-ring (bicyclic) bond motifs is 1. The van der Waals surface area contributed by atoms with Crippen molar-refractivity contribution in [2.45, 2.75) is 11.8 Å². The minimum absolute atomic E-state index is 0.0998. The number of carbonyl (C=O) groups excluding carboxylic acids is 1. The fourth-order valence-corrected chi connectivity index (χ4v) is 3.09. The second-order valence-corrected chi connectivity index (χ2v) is 6.30. The lowest BCUT2D eigenvalue weighted by molar-refractivity contribution is -0.117. The van der Waals surface area contributed by atoms with Crippen LogP contribution in [0.1, 0.15) is 22.1 Å². The summed E-state index contributed by atoms with van der Waals surface area (Å²) in [4.78, 5) is 13.4. The Bertz CT molecular complexity index is 729. The summed E-state index contributed by atoms with van der Waals surface area (Å²) in [7, 11) is 1.78. The minimum Gasteiger partial charge on any atom is -0.315 e. The average molecular weight is 341 g/mol. The van der Waals surface area contributed by atoms with Crippen LogP contribution in [0.15, 0.2) is 36.4 Å². The van der Waals surface area contributed by atoms with E-state index in [9.17, 15) is 4.79 Å². The minimum atomic E-state index is -0.328. The third kappa shape index (κ3) is 2.64. The van der Waals surface area contributed by atoms with Crippen molar-refractivity contribution in [1.29, 1.82) is 0 Å². The predicted octanol–water partition coefficient (Wildman–Crippen LogP) is 4.84. The van der Waals surface area contributed by atoms with E-state index in [1.165, 1.54) is 0 Å². The van der Waals surface area contributed by atoms with Gasteiger partial charge in [0.1, 0.15) is 0 Å². The molecule has 0 bridgehead atoms. The van der Waals surface area contributed by atoms with E-state index >= 15 is 0 Å². The van der Waals surface area contributed by atoms with Crippen LogP contribution < -0.4 is 4.90 Å². The number of hydrogen-bond donors (Lipinski definition) is 0. The second-order valence-electron chi connectivity index (χ2n) is 5.05. The van der Waals surface area contributed by atoms with Crippen molar-refractivity contribution in [3.05, 3.63) is 63.1 Å². The number of likely N-dealkylation sites (N-methyl/N-ethyl adjacent to an activating group) is 1. The number of rotatable bonds is 2. The highest BCUT2D eigenvalue weighted by Gasteiger charge is 2.25. The molecule has 0 saturated carbocycles. The van der Waals surface area contributed by atoms with Crippen LogP contribution in [0.2, 0.25) is 10.0 Å². The van der Waals surface area contributed by atoms with E-state index < -0.39 is 0 Å². The van der Waals surface area contributed by atoms with Gasteiger partial charge in [-0.2, -0.15) is 0 Å². The predicted molar refractivity (Wildman–Crippen MR) is 87.7 cm³/mol. The smallest absolute Gasteiger partial charge is 0.231 e. The molecule has 0 radical (unpaired) electrons. The standard InChI is InChI=1S/C16H12Cl3NO/c1-20-14-5-3-9(6-11(14)8-15(20)21)16(19)10-2-4-12(17)13(18)7-10/h2-7,16H,8H2,1H3. The van der Waals surface area contributed by atoms with Crippen LogP contribution in [0.4, 0.5) is 5.69 Å². The zero-order chi connectivity index (χ0) is 15.1. The van der Waals surface area contributed by atoms with Crippen LogP contribution in [0.5, 0.6) is 0 Å². The van der Waals surface area contributed by atoms with Gasteiger partial charge in [0.15, 0.2) is 0 Å². The first kappa shape index (κ1) is 14.7. The lowest BCUT2D eigenvalue weighted by Gasteiger charge is -2.14. The molecule has 0 saturated heterocycles. The molecule has 1 unspecified atom stereocenters. The molecule has 1 aliphatic rings. The molecule has 0 aromatic heterocycles. The Hall–Kier alpha value is -1.22. The normalized spacial score (nSPS) is 15.2. The van der Waals surface area contributed by atoms with Gasteiger partial charge in [0.2, 0.25) is 5.91 Å². The highest BCUT2D eigenvalue weighted by molar-refractivity contribution is 6.42. The zero-order valence-electron chi connectivity index (χ0n) is 11.2. The van der Waals surface area contributed by atoms with E-state index in [1.54, 1.807) is 24.1 Å². The van der Waals surface area contributed by atoms with Crippen LogP contribution in [0, 0.1) is 0 Å². The van der Waals surface area contributed by atoms with Crippen molar-refractivity contribution in [2.75, 3.05) is 11.9 Å². The molecule has 2 aromatic carbocycles. The molecule has 0 N–H and O–H groups in total. The summed E-state index contributed by atoms with van der Waals surface area (Å²) in [5.41, 5.74) is 3.77. The van der Waals surface area contributed by atoms with Crippen LogP contribution in [0.3, 0.4) is 0 Å². The maximum atomic E-state index is 11.7. The van der Waals surface area contributed by atoms with Crippen molar-refractivity contribution in [3.63, 3.8) is 0 Å². The maximum absolute atomic E-state index is 11.7. The summed E-state index contributed by atoms with van der Waals surface area (Å²) in [5, 5.41) is 0.660. The van der Waals surface area contributed by atoms with Gasteiger partial charge in [-0.3, -0.25) is 4.79 Å². The molecule has 1 aliphatic heterocycles. The van der Waals surface area contributed by atoms with E-state index in [4.69, 9.17) is 34.8 Å². The average Bonchev–Trinajstić information content (AvgIpc) is 2.76. The van der Waals surface area contributed by atoms with E-state index in [-0.39, 0.29) is 11.3 Å². The van der Waals surface area contributed by atoms with Gasteiger partial charge in [0.05, 0.1) is 21.8 Å². The molecule has 1 heterocycles. The van der Waals surface area contributed by atoms with Gasteiger partial charge in [-0.05, 0) is 34.9 Å². The summed E-state index contributed by atoms with van der Waals surface area (Å²) in [6, 6.07) is 11.2. The summed E-state index contributed by atoms with van der Waals surface area (Å²) in [5.74, 6) is 0.0998. The Morgan fingerprint density at radius 1 is 1.05 bits per heavy atom. The van der Waals surface area contributed by atoms with Gasteiger partial charge in [-0.1, -0.05) is 41.4 Å². The van der Waals surface area contributed by atoms with E-state index in [2.05, 4.69) is 0 Å². The number of anilines is 1. The molecular weight excluding hydrogens is 329 g/mol. The van der Waals surface area contributed by atoms with Gasteiger partial charge in [-0.15, -0.1) is 11.6 Å². The van der Waals surface area contributed by atoms with Crippen LogP contribution in [-0.2, 0) is 11.2 Å². The van der Waals surface area contributed by atoms with Gasteiger partial charge in [0.25, 0.3) is 0 Å². The monoisotopic (exact) mass is 339 g/mol.